The predicted octanol–water partition coefficient (Wildman–Crippen LogP) is 5.99. The third-order valence-corrected chi connectivity index (χ3v) is 5.38. The van der Waals surface area contributed by atoms with E-state index in [2.05, 4.69) is 83.4 Å². The zero-order valence-electron chi connectivity index (χ0n) is 15.3. The first-order valence-corrected chi connectivity index (χ1v) is 9.72. The Kier molecular flexibility index (Phi) is 4.17. The van der Waals surface area contributed by atoms with Crippen molar-refractivity contribution in [2.24, 2.45) is 0 Å². The molecule has 2 nitrogen and oxygen atoms in total. The lowest BCUT2D eigenvalue weighted by Crippen LogP contribution is -2.00. The highest BCUT2D eigenvalue weighted by Crippen LogP contribution is 2.44. The fraction of sp³-hybridized carbons (Fsp3) is 0.200. The zero-order valence-corrected chi connectivity index (χ0v) is 15.3. The molecule has 1 fully saturated rings. The Morgan fingerprint density at radius 1 is 0.815 bits per heavy atom. The fourth-order valence-electron chi connectivity index (χ4n) is 3.83. The van der Waals surface area contributed by atoms with Crippen molar-refractivity contribution in [2.75, 3.05) is 0 Å². The summed E-state index contributed by atoms with van der Waals surface area (Å²) in [5.41, 5.74) is 6.63. The smallest absolute Gasteiger partial charge is 0.143 e. The number of hydrogen-bond acceptors (Lipinski definition) is 1. The Labute approximate surface area is 160 Å². The third-order valence-electron chi connectivity index (χ3n) is 5.38. The van der Waals surface area contributed by atoms with Crippen LogP contribution in [-0.4, -0.2) is 4.40 Å². The highest BCUT2D eigenvalue weighted by molar-refractivity contribution is 5.65. The molecule has 0 aliphatic heterocycles. The van der Waals surface area contributed by atoms with E-state index in [9.17, 15) is 0 Å². The standard InChI is InChI=1S/C25H23NO/c1-3-8-19(9-4-1)16-23-22(21-13-14-21)17-24-25(12-7-15-26(23)24)27-18-20-10-5-2-6-11-20/h1-12,15,17,21H,13-14,16,18H2. The molecule has 0 N–H and O–H groups in total. The van der Waals surface area contributed by atoms with Crippen LogP contribution in [0.1, 0.15) is 41.1 Å². The Morgan fingerprint density at radius 2 is 1.52 bits per heavy atom. The molecule has 1 saturated carbocycles. The van der Waals surface area contributed by atoms with Gasteiger partial charge in [0.2, 0.25) is 0 Å². The van der Waals surface area contributed by atoms with E-state index < -0.39 is 0 Å². The normalized spacial score (nSPS) is 13.8. The second-order valence-corrected chi connectivity index (χ2v) is 7.38. The third kappa shape index (κ3) is 3.35. The van der Waals surface area contributed by atoms with Gasteiger partial charge in [-0.15, -0.1) is 0 Å². The lowest BCUT2D eigenvalue weighted by Gasteiger charge is -2.10. The lowest BCUT2D eigenvalue weighted by atomic mass is 10.0. The Hall–Kier alpha value is -3.00. The number of pyridine rings is 1. The topological polar surface area (TPSA) is 13.6 Å². The van der Waals surface area contributed by atoms with Crippen LogP contribution in [-0.2, 0) is 13.0 Å². The van der Waals surface area contributed by atoms with Crippen LogP contribution < -0.4 is 4.74 Å². The molecule has 2 heteroatoms. The summed E-state index contributed by atoms with van der Waals surface area (Å²) >= 11 is 0. The van der Waals surface area contributed by atoms with Gasteiger partial charge in [-0.05, 0) is 53.6 Å². The van der Waals surface area contributed by atoms with Gasteiger partial charge in [0.25, 0.3) is 0 Å². The highest BCUT2D eigenvalue weighted by atomic mass is 16.5. The quantitative estimate of drug-likeness (QED) is 0.415. The lowest BCUT2D eigenvalue weighted by molar-refractivity contribution is 0.309. The molecule has 0 unspecified atom stereocenters. The second-order valence-electron chi connectivity index (χ2n) is 7.38. The molecule has 0 bridgehead atoms. The van der Waals surface area contributed by atoms with E-state index in [-0.39, 0.29) is 0 Å². The molecule has 1 aliphatic carbocycles. The molecule has 0 amide bonds. The Bertz CT molecular complexity index is 1050. The van der Waals surface area contributed by atoms with Crippen molar-refractivity contribution in [3.05, 3.63) is 107 Å². The van der Waals surface area contributed by atoms with E-state index in [1.54, 1.807) is 0 Å². The van der Waals surface area contributed by atoms with Crippen molar-refractivity contribution in [3.63, 3.8) is 0 Å². The molecule has 0 atom stereocenters. The number of ether oxygens (including phenoxy) is 1. The van der Waals surface area contributed by atoms with Crippen molar-refractivity contribution in [1.29, 1.82) is 0 Å². The zero-order chi connectivity index (χ0) is 18.1. The Balaban J connectivity index is 1.51. The van der Waals surface area contributed by atoms with E-state index in [4.69, 9.17) is 4.74 Å². The monoisotopic (exact) mass is 353 g/mol. The van der Waals surface area contributed by atoms with Gasteiger partial charge in [0, 0.05) is 18.3 Å². The van der Waals surface area contributed by atoms with Gasteiger partial charge in [0.15, 0.2) is 0 Å². The minimum Gasteiger partial charge on any atom is -0.487 e. The molecule has 5 rings (SSSR count). The summed E-state index contributed by atoms with van der Waals surface area (Å²) < 4.78 is 8.54. The van der Waals surface area contributed by atoms with Gasteiger partial charge in [-0.25, -0.2) is 0 Å². The molecule has 0 saturated heterocycles. The van der Waals surface area contributed by atoms with Crippen LogP contribution in [0.5, 0.6) is 5.75 Å². The van der Waals surface area contributed by atoms with Crippen LogP contribution in [0.25, 0.3) is 5.52 Å². The van der Waals surface area contributed by atoms with Crippen LogP contribution in [0.4, 0.5) is 0 Å². The van der Waals surface area contributed by atoms with Gasteiger partial charge in [0.05, 0.1) is 5.52 Å². The van der Waals surface area contributed by atoms with Gasteiger partial charge < -0.3 is 9.14 Å². The number of benzene rings is 2. The summed E-state index contributed by atoms with van der Waals surface area (Å²) in [7, 11) is 0. The molecule has 2 heterocycles. The van der Waals surface area contributed by atoms with Gasteiger partial charge in [-0.1, -0.05) is 60.7 Å². The molecule has 2 aromatic carbocycles. The molecule has 1 aliphatic rings. The summed E-state index contributed by atoms with van der Waals surface area (Å²) in [4.78, 5) is 0. The van der Waals surface area contributed by atoms with Gasteiger partial charge in [0.1, 0.15) is 12.4 Å². The maximum atomic E-state index is 6.20. The molecule has 27 heavy (non-hydrogen) atoms. The van der Waals surface area contributed by atoms with Crippen molar-refractivity contribution in [2.45, 2.75) is 31.8 Å². The van der Waals surface area contributed by atoms with Crippen molar-refractivity contribution in [1.82, 2.24) is 4.40 Å². The highest BCUT2D eigenvalue weighted by Gasteiger charge is 2.28. The van der Waals surface area contributed by atoms with E-state index in [1.165, 1.54) is 40.7 Å². The average molecular weight is 353 g/mol. The fourth-order valence-corrected chi connectivity index (χ4v) is 3.83. The average Bonchev–Trinajstić information content (AvgIpc) is 3.50. The Morgan fingerprint density at radius 3 is 2.22 bits per heavy atom. The largest absolute Gasteiger partial charge is 0.487 e. The van der Waals surface area contributed by atoms with E-state index in [0.29, 0.717) is 12.5 Å². The summed E-state index contributed by atoms with van der Waals surface area (Å²) in [6.45, 7) is 0.596. The van der Waals surface area contributed by atoms with Crippen molar-refractivity contribution >= 4 is 5.52 Å². The second kappa shape index (κ2) is 6.96. The van der Waals surface area contributed by atoms with E-state index >= 15 is 0 Å². The van der Waals surface area contributed by atoms with Crippen LogP contribution in [0.15, 0.2) is 85.1 Å². The van der Waals surface area contributed by atoms with Gasteiger partial charge in [-0.3, -0.25) is 0 Å². The molecule has 134 valence electrons. The van der Waals surface area contributed by atoms with Crippen molar-refractivity contribution in [3.8, 4) is 5.75 Å². The minimum atomic E-state index is 0.596. The summed E-state index contributed by atoms with van der Waals surface area (Å²) in [6, 6.07) is 27.6. The van der Waals surface area contributed by atoms with Gasteiger partial charge in [-0.2, -0.15) is 0 Å². The van der Waals surface area contributed by atoms with Crippen LogP contribution in [0, 0.1) is 0 Å². The number of nitrogens with zero attached hydrogens (tertiary/aromatic N) is 1. The maximum Gasteiger partial charge on any atom is 0.143 e. The molecular formula is C25H23NO. The number of fused-ring (bicyclic) bond motifs is 1. The summed E-state index contributed by atoms with van der Waals surface area (Å²) in [6.07, 6.45) is 5.75. The maximum absolute atomic E-state index is 6.20. The van der Waals surface area contributed by atoms with Crippen LogP contribution >= 0.6 is 0 Å². The van der Waals surface area contributed by atoms with Crippen LogP contribution in [0.3, 0.4) is 0 Å². The van der Waals surface area contributed by atoms with E-state index in [0.717, 1.165) is 12.2 Å². The molecule has 0 radical (unpaired) electrons. The number of aromatic nitrogens is 1. The molecular weight excluding hydrogens is 330 g/mol. The number of hydrogen-bond donors (Lipinski definition) is 0. The summed E-state index contributed by atoms with van der Waals surface area (Å²) in [5.74, 6) is 1.67. The van der Waals surface area contributed by atoms with Gasteiger partial charge >= 0.3 is 0 Å². The van der Waals surface area contributed by atoms with E-state index in [1.807, 2.05) is 6.07 Å². The minimum absolute atomic E-state index is 0.596. The number of rotatable bonds is 6. The SMILES string of the molecule is c1ccc(COc2cccn3c(Cc4ccccc4)c(C4CC4)cc23)cc1. The predicted molar refractivity (Wildman–Crippen MR) is 109 cm³/mol. The summed E-state index contributed by atoms with van der Waals surface area (Å²) in [5, 5.41) is 0. The van der Waals surface area contributed by atoms with Crippen LogP contribution in [0.2, 0.25) is 0 Å². The first kappa shape index (κ1) is 16.2. The first-order chi connectivity index (χ1) is 13.4. The molecule has 0 spiro atoms. The molecule has 4 aromatic rings. The van der Waals surface area contributed by atoms with Crippen molar-refractivity contribution < 1.29 is 4.74 Å². The first-order valence-electron chi connectivity index (χ1n) is 9.72. The molecule has 2 aromatic heterocycles.